The molecular weight excluding hydrogens is 210 g/mol. The van der Waals surface area contributed by atoms with E-state index in [-0.39, 0.29) is 11.0 Å². The zero-order valence-electron chi connectivity index (χ0n) is 11.9. The molecule has 0 aliphatic rings. The van der Waals surface area contributed by atoms with Crippen LogP contribution in [0.15, 0.2) is 18.2 Å². The first kappa shape index (κ1) is 14.0. The van der Waals surface area contributed by atoms with Gasteiger partial charge in [0.15, 0.2) is 0 Å². The maximum atomic E-state index is 6.07. The van der Waals surface area contributed by atoms with Crippen LogP contribution in [-0.2, 0) is 11.8 Å². The fourth-order valence-corrected chi connectivity index (χ4v) is 1.98. The maximum absolute atomic E-state index is 6.07. The van der Waals surface area contributed by atoms with Crippen LogP contribution in [0.5, 0.6) is 5.75 Å². The minimum Gasteiger partial charge on any atom is -0.496 e. The summed E-state index contributed by atoms with van der Waals surface area (Å²) in [6.07, 6.45) is 0.875. The Hall–Kier alpha value is -1.02. The van der Waals surface area contributed by atoms with Gasteiger partial charge in [-0.25, -0.2) is 0 Å². The number of ether oxygens (including phenoxy) is 1. The molecule has 0 amide bonds. The fraction of sp³-hybridized carbons (Fsp3) is 0.600. The second kappa shape index (κ2) is 4.69. The topological polar surface area (TPSA) is 35.2 Å². The van der Waals surface area contributed by atoms with E-state index in [1.54, 1.807) is 7.11 Å². The molecule has 0 heterocycles. The third-order valence-corrected chi connectivity index (χ3v) is 2.73. The van der Waals surface area contributed by atoms with Gasteiger partial charge in [-0.2, -0.15) is 0 Å². The Bertz CT molecular complexity index is 383. The maximum Gasteiger partial charge on any atom is 0.122 e. The first-order valence-electron chi connectivity index (χ1n) is 6.10. The molecule has 0 saturated heterocycles. The molecule has 0 bridgehead atoms. The number of rotatable bonds is 3. The molecule has 1 rings (SSSR count). The molecule has 96 valence electrons. The molecule has 2 heteroatoms. The second-order valence-corrected chi connectivity index (χ2v) is 6.45. The van der Waals surface area contributed by atoms with Crippen molar-refractivity contribution >= 4 is 0 Å². The van der Waals surface area contributed by atoms with E-state index in [2.05, 4.69) is 32.9 Å². The minimum atomic E-state index is -0.177. The van der Waals surface area contributed by atoms with Gasteiger partial charge < -0.3 is 10.5 Å². The third-order valence-electron chi connectivity index (χ3n) is 2.73. The molecule has 0 aromatic heterocycles. The molecule has 0 fully saturated rings. The molecule has 0 spiro atoms. The Morgan fingerprint density at radius 3 is 2.12 bits per heavy atom. The van der Waals surface area contributed by atoms with Crippen molar-refractivity contribution in [2.24, 2.45) is 5.73 Å². The Balaban J connectivity index is 3.14. The van der Waals surface area contributed by atoms with E-state index in [1.165, 1.54) is 11.1 Å². The standard InChI is InChI=1S/C15H25NO/c1-14(2,3)12-9-11(10-15(4,5)16)7-8-13(12)17-6/h7-9H,10,16H2,1-6H3. The van der Waals surface area contributed by atoms with Crippen LogP contribution in [0.1, 0.15) is 45.7 Å². The van der Waals surface area contributed by atoms with Gasteiger partial charge in [0.05, 0.1) is 7.11 Å². The van der Waals surface area contributed by atoms with Crippen LogP contribution in [0.3, 0.4) is 0 Å². The largest absolute Gasteiger partial charge is 0.496 e. The molecule has 0 radical (unpaired) electrons. The van der Waals surface area contributed by atoms with E-state index >= 15 is 0 Å². The van der Waals surface area contributed by atoms with Crippen LogP contribution in [0.25, 0.3) is 0 Å². The first-order valence-corrected chi connectivity index (χ1v) is 6.10. The van der Waals surface area contributed by atoms with Crippen molar-refractivity contribution in [3.8, 4) is 5.75 Å². The first-order chi connectivity index (χ1) is 7.63. The summed E-state index contributed by atoms with van der Waals surface area (Å²) >= 11 is 0. The molecule has 0 aliphatic heterocycles. The molecule has 0 unspecified atom stereocenters. The summed E-state index contributed by atoms with van der Waals surface area (Å²) in [5, 5.41) is 0. The molecule has 17 heavy (non-hydrogen) atoms. The average molecular weight is 235 g/mol. The van der Waals surface area contributed by atoms with Crippen molar-refractivity contribution in [1.29, 1.82) is 0 Å². The SMILES string of the molecule is COc1ccc(CC(C)(C)N)cc1C(C)(C)C. The summed E-state index contributed by atoms with van der Waals surface area (Å²) in [7, 11) is 1.72. The Kier molecular flexibility index (Phi) is 3.88. The van der Waals surface area contributed by atoms with Gasteiger partial charge in [0, 0.05) is 5.54 Å². The summed E-state index contributed by atoms with van der Waals surface area (Å²) in [5.41, 5.74) is 8.48. The van der Waals surface area contributed by atoms with Crippen LogP contribution < -0.4 is 10.5 Å². The lowest BCUT2D eigenvalue weighted by molar-refractivity contribution is 0.397. The predicted octanol–water partition coefficient (Wildman–Crippen LogP) is 3.27. The number of hydrogen-bond donors (Lipinski definition) is 1. The van der Waals surface area contributed by atoms with Crippen molar-refractivity contribution in [2.75, 3.05) is 7.11 Å². The number of hydrogen-bond acceptors (Lipinski definition) is 2. The zero-order valence-corrected chi connectivity index (χ0v) is 11.9. The zero-order chi connectivity index (χ0) is 13.3. The summed E-state index contributed by atoms with van der Waals surface area (Å²) in [6, 6.07) is 6.36. The summed E-state index contributed by atoms with van der Waals surface area (Å²) in [5.74, 6) is 0.955. The fourth-order valence-electron chi connectivity index (χ4n) is 1.98. The molecule has 2 N–H and O–H groups in total. The lowest BCUT2D eigenvalue weighted by Gasteiger charge is -2.25. The highest BCUT2D eigenvalue weighted by Gasteiger charge is 2.20. The van der Waals surface area contributed by atoms with E-state index in [4.69, 9.17) is 10.5 Å². The third kappa shape index (κ3) is 4.04. The molecule has 0 atom stereocenters. The van der Waals surface area contributed by atoms with Crippen molar-refractivity contribution in [2.45, 2.75) is 52.0 Å². The second-order valence-electron chi connectivity index (χ2n) is 6.45. The molecular formula is C15H25NO. The van der Waals surface area contributed by atoms with Crippen molar-refractivity contribution in [3.63, 3.8) is 0 Å². The highest BCUT2D eigenvalue weighted by Crippen LogP contribution is 2.32. The average Bonchev–Trinajstić information content (AvgIpc) is 2.13. The van der Waals surface area contributed by atoms with Crippen molar-refractivity contribution in [1.82, 2.24) is 0 Å². The minimum absolute atomic E-state index is 0.0834. The van der Waals surface area contributed by atoms with E-state index in [1.807, 2.05) is 19.9 Å². The lowest BCUT2D eigenvalue weighted by Crippen LogP contribution is -2.34. The quantitative estimate of drug-likeness (QED) is 0.872. The Morgan fingerprint density at radius 1 is 1.12 bits per heavy atom. The van der Waals surface area contributed by atoms with Crippen LogP contribution in [0.2, 0.25) is 0 Å². The van der Waals surface area contributed by atoms with Crippen LogP contribution in [0, 0.1) is 0 Å². The summed E-state index contributed by atoms with van der Waals surface area (Å²) in [6.45, 7) is 10.7. The Morgan fingerprint density at radius 2 is 1.71 bits per heavy atom. The van der Waals surface area contributed by atoms with Gasteiger partial charge in [0.25, 0.3) is 0 Å². The van der Waals surface area contributed by atoms with Gasteiger partial charge in [-0.05, 0) is 42.9 Å². The van der Waals surface area contributed by atoms with E-state index in [0.29, 0.717) is 0 Å². The summed E-state index contributed by atoms with van der Waals surface area (Å²) in [4.78, 5) is 0. The lowest BCUT2D eigenvalue weighted by atomic mass is 9.84. The van der Waals surface area contributed by atoms with Crippen LogP contribution in [0.4, 0.5) is 0 Å². The van der Waals surface area contributed by atoms with Gasteiger partial charge in [0.1, 0.15) is 5.75 Å². The molecule has 1 aromatic carbocycles. The predicted molar refractivity (Wildman–Crippen MR) is 73.7 cm³/mol. The normalized spacial score (nSPS) is 12.6. The van der Waals surface area contributed by atoms with Crippen LogP contribution in [-0.4, -0.2) is 12.6 Å². The molecule has 0 aliphatic carbocycles. The van der Waals surface area contributed by atoms with E-state index < -0.39 is 0 Å². The highest BCUT2D eigenvalue weighted by molar-refractivity contribution is 5.42. The van der Waals surface area contributed by atoms with E-state index in [9.17, 15) is 0 Å². The number of nitrogens with two attached hydrogens (primary N) is 1. The van der Waals surface area contributed by atoms with Crippen molar-refractivity contribution in [3.05, 3.63) is 29.3 Å². The summed E-state index contributed by atoms with van der Waals surface area (Å²) < 4.78 is 5.43. The monoisotopic (exact) mass is 235 g/mol. The number of methoxy groups -OCH3 is 1. The smallest absolute Gasteiger partial charge is 0.122 e. The van der Waals surface area contributed by atoms with Crippen molar-refractivity contribution < 1.29 is 4.74 Å². The molecule has 1 aromatic rings. The molecule has 0 saturated carbocycles. The van der Waals surface area contributed by atoms with Gasteiger partial charge in [-0.15, -0.1) is 0 Å². The van der Waals surface area contributed by atoms with Gasteiger partial charge in [-0.3, -0.25) is 0 Å². The highest BCUT2D eigenvalue weighted by atomic mass is 16.5. The molecule has 2 nitrogen and oxygen atoms in total. The Labute approximate surface area is 105 Å². The van der Waals surface area contributed by atoms with Gasteiger partial charge in [-0.1, -0.05) is 32.9 Å². The number of benzene rings is 1. The van der Waals surface area contributed by atoms with Gasteiger partial charge in [0.2, 0.25) is 0 Å². The van der Waals surface area contributed by atoms with Gasteiger partial charge >= 0.3 is 0 Å². The van der Waals surface area contributed by atoms with E-state index in [0.717, 1.165) is 12.2 Å². The van der Waals surface area contributed by atoms with Crippen LogP contribution >= 0.6 is 0 Å².